The van der Waals surface area contributed by atoms with Crippen LogP contribution in [0.5, 0.6) is 0 Å². The van der Waals surface area contributed by atoms with Gasteiger partial charge in [0.05, 0.1) is 10.7 Å². The summed E-state index contributed by atoms with van der Waals surface area (Å²) in [6, 6.07) is 7.35. The quantitative estimate of drug-likeness (QED) is 0.764. The van der Waals surface area contributed by atoms with Crippen molar-refractivity contribution in [2.24, 2.45) is 0 Å². The maximum atomic E-state index is 13.0. The number of amides is 1. The highest BCUT2D eigenvalue weighted by atomic mass is 127. The molecule has 0 saturated heterocycles. The number of hydrogen-bond acceptors (Lipinski definition) is 3. The molecule has 0 saturated carbocycles. The van der Waals surface area contributed by atoms with Gasteiger partial charge in [-0.1, -0.05) is 11.6 Å². The van der Waals surface area contributed by atoms with Crippen molar-refractivity contribution in [1.82, 2.24) is 4.98 Å². The molecule has 2 rings (SSSR count). The van der Waals surface area contributed by atoms with Gasteiger partial charge in [-0.15, -0.1) is 0 Å². The fourth-order valence-corrected chi connectivity index (χ4v) is 2.32. The first-order valence-corrected chi connectivity index (χ1v) is 7.07. The maximum absolute atomic E-state index is 13.0. The van der Waals surface area contributed by atoms with Gasteiger partial charge in [0.1, 0.15) is 17.3 Å². The molecule has 0 atom stereocenters. The molecule has 0 aliphatic rings. The Balaban J connectivity index is 2.28. The monoisotopic (exact) mass is 405 g/mol. The highest BCUT2D eigenvalue weighted by Gasteiger charge is 2.14. The summed E-state index contributed by atoms with van der Waals surface area (Å²) in [6.07, 6.45) is 0. The van der Waals surface area contributed by atoms with Gasteiger partial charge in [0.15, 0.2) is 0 Å². The fraction of sp³-hybridized carbons (Fsp3) is 0.0769. The fourth-order valence-electron chi connectivity index (χ4n) is 1.51. The predicted octanol–water partition coefficient (Wildman–Crippen LogP) is 3.77. The number of nitrogens with one attached hydrogen (secondary N) is 2. The van der Waals surface area contributed by atoms with Crippen LogP contribution in [0.3, 0.4) is 0 Å². The largest absolute Gasteiger partial charge is 0.373 e. The van der Waals surface area contributed by atoms with Crippen molar-refractivity contribution in [3.05, 3.63) is 50.4 Å². The summed E-state index contributed by atoms with van der Waals surface area (Å²) in [5.74, 6) is -0.272. The average molecular weight is 406 g/mol. The standard InChI is InChI=1S/C13H10ClFIN3O/c1-17-11-5-3-8(14)12(19-11)13(20)18-10-4-2-7(15)6-9(10)16/h2-6H,1H3,(H,17,19)(H,18,20). The Kier molecular flexibility index (Phi) is 4.77. The number of nitrogens with zero attached hydrogens (tertiary/aromatic N) is 1. The van der Waals surface area contributed by atoms with Crippen molar-refractivity contribution in [3.8, 4) is 0 Å². The third-order valence-electron chi connectivity index (χ3n) is 2.50. The molecule has 20 heavy (non-hydrogen) atoms. The Morgan fingerprint density at radius 2 is 2.10 bits per heavy atom. The van der Waals surface area contributed by atoms with Crippen molar-refractivity contribution in [3.63, 3.8) is 0 Å². The van der Waals surface area contributed by atoms with Crippen LogP contribution in [0.15, 0.2) is 30.3 Å². The summed E-state index contributed by atoms with van der Waals surface area (Å²) in [5.41, 5.74) is 0.614. The molecule has 1 amide bonds. The molecule has 0 fully saturated rings. The normalized spacial score (nSPS) is 10.2. The zero-order chi connectivity index (χ0) is 14.7. The molecule has 0 radical (unpaired) electrons. The van der Waals surface area contributed by atoms with Gasteiger partial charge in [0.2, 0.25) is 0 Å². The summed E-state index contributed by atoms with van der Waals surface area (Å²) < 4.78 is 13.6. The SMILES string of the molecule is CNc1ccc(Cl)c(C(=O)Nc2ccc(F)cc2I)n1. The van der Waals surface area contributed by atoms with Crippen LogP contribution in [-0.2, 0) is 0 Å². The summed E-state index contributed by atoms with van der Waals surface area (Å²) >= 11 is 7.91. The second-order valence-corrected chi connectivity index (χ2v) is 5.42. The van der Waals surface area contributed by atoms with Gasteiger partial charge in [-0.25, -0.2) is 9.37 Å². The van der Waals surface area contributed by atoms with Crippen LogP contribution in [0.1, 0.15) is 10.5 Å². The molecule has 1 aromatic heterocycles. The van der Waals surface area contributed by atoms with Crippen LogP contribution in [0.4, 0.5) is 15.9 Å². The van der Waals surface area contributed by atoms with Crippen molar-refractivity contribution < 1.29 is 9.18 Å². The number of hydrogen-bond donors (Lipinski definition) is 2. The first kappa shape index (κ1) is 15.0. The summed E-state index contributed by atoms with van der Waals surface area (Å²) in [6.45, 7) is 0. The van der Waals surface area contributed by atoms with Crippen LogP contribution in [-0.4, -0.2) is 17.9 Å². The number of carbonyl (C=O) groups excluding carboxylic acids is 1. The molecule has 4 nitrogen and oxygen atoms in total. The number of aromatic nitrogens is 1. The lowest BCUT2D eigenvalue weighted by molar-refractivity contribution is 0.102. The van der Waals surface area contributed by atoms with E-state index in [2.05, 4.69) is 15.6 Å². The van der Waals surface area contributed by atoms with Crippen LogP contribution >= 0.6 is 34.2 Å². The number of anilines is 2. The lowest BCUT2D eigenvalue weighted by Gasteiger charge is -2.09. The van der Waals surface area contributed by atoms with Crippen LogP contribution in [0.25, 0.3) is 0 Å². The minimum Gasteiger partial charge on any atom is -0.373 e. The van der Waals surface area contributed by atoms with Crippen LogP contribution < -0.4 is 10.6 Å². The Hall–Kier alpha value is -1.41. The van der Waals surface area contributed by atoms with E-state index < -0.39 is 5.91 Å². The van der Waals surface area contributed by atoms with E-state index in [0.29, 0.717) is 15.1 Å². The number of halogens is 3. The minimum atomic E-state index is -0.448. The van der Waals surface area contributed by atoms with E-state index in [9.17, 15) is 9.18 Å². The predicted molar refractivity (Wildman–Crippen MR) is 85.9 cm³/mol. The molecular formula is C13H10ClFIN3O. The molecule has 0 aliphatic carbocycles. The smallest absolute Gasteiger partial charge is 0.275 e. The van der Waals surface area contributed by atoms with E-state index in [-0.39, 0.29) is 16.5 Å². The van der Waals surface area contributed by atoms with Crippen LogP contribution in [0.2, 0.25) is 5.02 Å². The first-order valence-electron chi connectivity index (χ1n) is 5.62. The van der Waals surface area contributed by atoms with Gasteiger partial charge in [-0.05, 0) is 52.9 Å². The summed E-state index contributed by atoms with van der Waals surface area (Å²) in [4.78, 5) is 16.3. The molecule has 7 heteroatoms. The summed E-state index contributed by atoms with van der Waals surface area (Å²) in [7, 11) is 1.70. The van der Waals surface area contributed by atoms with E-state index in [4.69, 9.17) is 11.6 Å². The molecule has 104 valence electrons. The second kappa shape index (κ2) is 6.36. The van der Waals surface area contributed by atoms with Gasteiger partial charge < -0.3 is 10.6 Å². The van der Waals surface area contributed by atoms with Gasteiger partial charge >= 0.3 is 0 Å². The lowest BCUT2D eigenvalue weighted by Crippen LogP contribution is -2.15. The number of benzene rings is 1. The molecule has 2 aromatic rings. The topological polar surface area (TPSA) is 54.0 Å². The van der Waals surface area contributed by atoms with Gasteiger partial charge in [-0.2, -0.15) is 0 Å². The molecule has 2 N–H and O–H groups in total. The van der Waals surface area contributed by atoms with E-state index >= 15 is 0 Å². The number of rotatable bonds is 3. The van der Waals surface area contributed by atoms with Crippen molar-refractivity contribution in [1.29, 1.82) is 0 Å². The van der Waals surface area contributed by atoms with Crippen LogP contribution in [0, 0.1) is 9.39 Å². The molecule has 0 unspecified atom stereocenters. The Bertz CT molecular complexity index is 666. The van der Waals surface area contributed by atoms with E-state index in [1.165, 1.54) is 18.2 Å². The molecule has 1 heterocycles. The third kappa shape index (κ3) is 3.37. The molecular weight excluding hydrogens is 396 g/mol. The minimum absolute atomic E-state index is 0.110. The number of pyridine rings is 1. The van der Waals surface area contributed by atoms with E-state index in [0.717, 1.165) is 0 Å². The highest BCUT2D eigenvalue weighted by Crippen LogP contribution is 2.22. The van der Waals surface area contributed by atoms with Gasteiger partial charge in [0.25, 0.3) is 5.91 Å². The summed E-state index contributed by atoms with van der Waals surface area (Å²) in [5, 5.41) is 5.74. The highest BCUT2D eigenvalue weighted by molar-refractivity contribution is 14.1. The Labute approximate surface area is 133 Å². The first-order chi connectivity index (χ1) is 9.51. The third-order valence-corrected chi connectivity index (χ3v) is 3.69. The van der Waals surface area contributed by atoms with Crippen molar-refractivity contribution >= 4 is 51.6 Å². The maximum Gasteiger partial charge on any atom is 0.275 e. The molecule has 1 aromatic carbocycles. The second-order valence-electron chi connectivity index (χ2n) is 3.86. The molecule has 0 aliphatic heterocycles. The van der Waals surface area contributed by atoms with Gasteiger partial charge in [-0.3, -0.25) is 4.79 Å². The van der Waals surface area contributed by atoms with Crippen molar-refractivity contribution in [2.45, 2.75) is 0 Å². The molecule has 0 spiro atoms. The lowest BCUT2D eigenvalue weighted by atomic mass is 10.3. The molecule has 0 bridgehead atoms. The zero-order valence-corrected chi connectivity index (χ0v) is 13.3. The Morgan fingerprint density at radius 1 is 1.35 bits per heavy atom. The van der Waals surface area contributed by atoms with E-state index in [1.54, 1.807) is 19.2 Å². The van der Waals surface area contributed by atoms with Crippen molar-refractivity contribution in [2.75, 3.05) is 17.7 Å². The van der Waals surface area contributed by atoms with Gasteiger partial charge in [0, 0.05) is 10.6 Å². The average Bonchev–Trinajstić information content (AvgIpc) is 2.42. The zero-order valence-electron chi connectivity index (χ0n) is 10.4. The van der Waals surface area contributed by atoms with E-state index in [1.807, 2.05) is 22.6 Å². The Morgan fingerprint density at radius 3 is 2.75 bits per heavy atom. The number of carbonyl (C=O) groups is 1.